The van der Waals surface area contributed by atoms with Crippen molar-refractivity contribution in [2.75, 3.05) is 13.2 Å². The van der Waals surface area contributed by atoms with Crippen LogP contribution in [0.1, 0.15) is 32.3 Å². The van der Waals surface area contributed by atoms with Crippen molar-refractivity contribution in [3.05, 3.63) is 34.9 Å². The van der Waals surface area contributed by atoms with Gasteiger partial charge in [0.2, 0.25) is 0 Å². The van der Waals surface area contributed by atoms with Crippen molar-refractivity contribution in [2.24, 2.45) is 5.92 Å². The van der Waals surface area contributed by atoms with Crippen LogP contribution >= 0.6 is 11.6 Å². The maximum atomic E-state index is 8.95. The Kier molecular flexibility index (Phi) is 7.33. The average Bonchev–Trinajstić information content (AvgIpc) is 2.37. The van der Waals surface area contributed by atoms with Gasteiger partial charge in [-0.2, -0.15) is 0 Å². The van der Waals surface area contributed by atoms with Gasteiger partial charge in [-0.05, 0) is 49.9 Å². The second-order valence-corrected chi connectivity index (χ2v) is 5.36. The van der Waals surface area contributed by atoms with Crippen LogP contribution in [0, 0.1) is 5.92 Å². The molecule has 0 bridgehead atoms. The van der Waals surface area contributed by atoms with E-state index in [1.165, 1.54) is 5.56 Å². The molecule has 18 heavy (non-hydrogen) atoms. The van der Waals surface area contributed by atoms with Crippen molar-refractivity contribution >= 4 is 11.6 Å². The summed E-state index contributed by atoms with van der Waals surface area (Å²) in [5, 5.41) is 13.3. The molecular formula is C15H24ClNO. The first-order valence-electron chi connectivity index (χ1n) is 6.74. The van der Waals surface area contributed by atoms with Crippen LogP contribution in [-0.4, -0.2) is 24.3 Å². The molecule has 3 heteroatoms. The van der Waals surface area contributed by atoms with E-state index in [0.29, 0.717) is 12.0 Å². The van der Waals surface area contributed by atoms with Crippen molar-refractivity contribution in [3.63, 3.8) is 0 Å². The van der Waals surface area contributed by atoms with Crippen LogP contribution in [0.5, 0.6) is 0 Å². The number of hydrogen-bond donors (Lipinski definition) is 2. The maximum absolute atomic E-state index is 8.95. The first kappa shape index (κ1) is 15.5. The van der Waals surface area contributed by atoms with Crippen molar-refractivity contribution in [1.82, 2.24) is 5.32 Å². The molecule has 1 aromatic rings. The summed E-state index contributed by atoms with van der Waals surface area (Å²) in [7, 11) is 0. The van der Waals surface area contributed by atoms with Crippen LogP contribution in [0.2, 0.25) is 5.02 Å². The van der Waals surface area contributed by atoms with Crippen LogP contribution in [0.25, 0.3) is 0 Å². The van der Waals surface area contributed by atoms with Gasteiger partial charge in [0.15, 0.2) is 0 Å². The number of nitrogens with one attached hydrogen (secondary N) is 1. The summed E-state index contributed by atoms with van der Waals surface area (Å²) in [6.07, 6.45) is 3.01. The number of rotatable bonds is 8. The molecule has 0 aliphatic heterocycles. The van der Waals surface area contributed by atoms with Gasteiger partial charge in [0.05, 0.1) is 0 Å². The van der Waals surface area contributed by atoms with E-state index >= 15 is 0 Å². The molecule has 1 aromatic carbocycles. The third-order valence-electron chi connectivity index (χ3n) is 3.32. The Bertz CT molecular complexity index is 326. The van der Waals surface area contributed by atoms with Crippen LogP contribution in [0.15, 0.2) is 24.3 Å². The highest BCUT2D eigenvalue weighted by molar-refractivity contribution is 6.30. The molecule has 1 rings (SSSR count). The maximum Gasteiger partial charge on any atom is 0.0434 e. The minimum Gasteiger partial charge on any atom is -0.396 e. The zero-order valence-corrected chi connectivity index (χ0v) is 12.1. The number of aliphatic hydroxyl groups excluding tert-OH is 1. The summed E-state index contributed by atoms with van der Waals surface area (Å²) in [5.41, 5.74) is 1.30. The van der Waals surface area contributed by atoms with Crippen LogP contribution in [-0.2, 0) is 6.42 Å². The summed E-state index contributed by atoms with van der Waals surface area (Å²) in [6.45, 7) is 5.63. The van der Waals surface area contributed by atoms with Crippen molar-refractivity contribution in [3.8, 4) is 0 Å². The average molecular weight is 270 g/mol. The van der Waals surface area contributed by atoms with E-state index < -0.39 is 0 Å². The number of aliphatic hydroxyl groups is 1. The fourth-order valence-corrected chi connectivity index (χ4v) is 2.17. The molecule has 2 N–H and O–H groups in total. The van der Waals surface area contributed by atoms with Gasteiger partial charge in [0.1, 0.15) is 0 Å². The monoisotopic (exact) mass is 269 g/mol. The highest BCUT2D eigenvalue weighted by Gasteiger charge is 2.08. The zero-order valence-electron chi connectivity index (χ0n) is 11.3. The van der Waals surface area contributed by atoms with E-state index in [2.05, 4.69) is 31.3 Å². The van der Waals surface area contributed by atoms with Crippen molar-refractivity contribution < 1.29 is 5.11 Å². The van der Waals surface area contributed by atoms with Crippen molar-refractivity contribution in [1.29, 1.82) is 0 Å². The lowest BCUT2D eigenvalue weighted by Crippen LogP contribution is -2.32. The molecule has 102 valence electrons. The summed E-state index contributed by atoms with van der Waals surface area (Å²) < 4.78 is 0. The lowest BCUT2D eigenvalue weighted by atomic mass is 10.0. The Morgan fingerprint density at radius 1 is 1.28 bits per heavy atom. The summed E-state index contributed by atoms with van der Waals surface area (Å²) in [5.74, 6) is 0.572. The molecule has 2 unspecified atom stereocenters. The summed E-state index contributed by atoms with van der Waals surface area (Å²) in [4.78, 5) is 0. The first-order valence-corrected chi connectivity index (χ1v) is 7.12. The molecule has 0 amide bonds. The molecular weight excluding hydrogens is 246 g/mol. The third-order valence-corrected chi connectivity index (χ3v) is 3.58. The molecule has 0 fully saturated rings. The smallest absolute Gasteiger partial charge is 0.0434 e. The Morgan fingerprint density at radius 3 is 2.50 bits per heavy atom. The largest absolute Gasteiger partial charge is 0.396 e. The Labute approximate surface area is 115 Å². The minimum atomic E-state index is 0.283. The lowest BCUT2D eigenvalue weighted by molar-refractivity contribution is 0.249. The minimum absolute atomic E-state index is 0.283. The predicted molar refractivity (Wildman–Crippen MR) is 78.1 cm³/mol. The van der Waals surface area contributed by atoms with Crippen LogP contribution in [0.4, 0.5) is 0 Å². The van der Waals surface area contributed by atoms with Gasteiger partial charge in [-0.1, -0.05) is 37.1 Å². The van der Waals surface area contributed by atoms with Gasteiger partial charge in [0.25, 0.3) is 0 Å². The highest BCUT2D eigenvalue weighted by Crippen LogP contribution is 2.11. The standard InChI is InChI=1S/C15H24ClNO/c1-3-13(8-9-18)11-17-12(2)10-14-4-6-15(16)7-5-14/h4-7,12-13,17-18H,3,8-11H2,1-2H3. The van der Waals surface area contributed by atoms with Crippen molar-refractivity contribution in [2.45, 2.75) is 39.2 Å². The normalized spacial score (nSPS) is 14.4. The second kappa shape index (κ2) is 8.52. The van der Waals surface area contributed by atoms with Crippen LogP contribution in [0.3, 0.4) is 0 Å². The summed E-state index contributed by atoms with van der Waals surface area (Å²) >= 11 is 5.87. The molecule has 0 spiro atoms. The van der Waals surface area contributed by atoms with Gasteiger partial charge in [-0.25, -0.2) is 0 Å². The molecule has 2 nitrogen and oxygen atoms in total. The predicted octanol–water partition coefficient (Wildman–Crippen LogP) is 3.27. The molecule has 0 aromatic heterocycles. The summed E-state index contributed by atoms with van der Waals surface area (Å²) in [6, 6.07) is 8.46. The van der Waals surface area contributed by atoms with E-state index in [-0.39, 0.29) is 6.61 Å². The Balaban J connectivity index is 2.32. The molecule has 0 saturated carbocycles. The molecule has 0 heterocycles. The van der Waals surface area contributed by atoms with E-state index in [4.69, 9.17) is 16.7 Å². The van der Waals surface area contributed by atoms with Gasteiger partial charge in [-0.3, -0.25) is 0 Å². The van der Waals surface area contributed by atoms with E-state index in [1.807, 2.05) is 12.1 Å². The lowest BCUT2D eigenvalue weighted by Gasteiger charge is -2.19. The molecule has 0 aliphatic rings. The fourth-order valence-electron chi connectivity index (χ4n) is 2.05. The van der Waals surface area contributed by atoms with Gasteiger partial charge < -0.3 is 10.4 Å². The zero-order chi connectivity index (χ0) is 13.4. The van der Waals surface area contributed by atoms with Gasteiger partial charge in [0, 0.05) is 17.7 Å². The topological polar surface area (TPSA) is 32.3 Å². The molecule has 2 atom stereocenters. The van der Waals surface area contributed by atoms with E-state index in [9.17, 15) is 0 Å². The first-order chi connectivity index (χ1) is 8.65. The number of halogens is 1. The highest BCUT2D eigenvalue weighted by atomic mass is 35.5. The molecule has 0 radical (unpaired) electrons. The van der Waals surface area contributed by atoms with Gasteiger partial charge >= 0.3 is 0 Å². The Morgan fingerprint density at radius 2 is 1.94 bits per heavy atom. The van der Waals surface area contributed by atoms with Crippen LogP contribution < -0.4 is 5.32 Å². The van der Waals surface area contributed by atoms with E-state index in [0.717, 1.165) is 30.8 Å². The molecule has 0 aliphatic carbocycles. The third kappa shape index (κ3) is 5.85. The number of benzene rings is 1. The van der Waals surface area contributed by atoms with E-state index in [1.54, 1.807) is 0 Å². The number of hydrogen-bond acceptors (Lipinski definition) is 2. The SMILES string of the molecule is CCC(CCO)CNC(C)Cc1ccc(Cl)cc1. The molecule has 0 saturated heterocycles. The second-order valence-electron chi connectivity index (χ2n) is 4.93. The fraction of sp³-hybridized carbons (Fsp3) is 0.600. The Hall–Kier alpha value is -0.570. The van der Waals surface area contributed by atoms with Gasteiger partial charge in [-0.15, -0.1) is 0 Å². The quantitative estimate of drug-likeness (QED) is 0.759.